The summed E-state index contributed by atoms with van der Waals surface area (Å²) in [7, 11) is 2.18. The molecule has 3 aromatic rings. The largest absolute Gasteiger partial charge is 0.431 e. The number of para-hydroxylation sites is 1. The number of carbonyl (C=O) groups excluding carboxylic acids is 1. The van der Waals surface area contributed by atoms with Crippen LogP contribution in [-0.2, 0) is 6.54 Å². The maximum Gasteiger partial charge on any atom is 0.315 e. The van der Waals surface area contributed by atoms with Gasteiger partial charge in [0.15, 0.2) is 0 Å². The molecule has 0 radical (unpaired) electrons. The Labute approximate surface area is 180 Å². The number of amides is 2. The topological polar surface area (TPSA) is 71.7 Å². The van der Waals surface area contributed by atoms with Gasteiger partial charge in [0.1, 0.15) is 5.75 Å². The molecule has 2 amide bonds. The quantitative estimate of drug-likeness (QED) is 0.653. The van der Waals surface area contributed by atoms with Crippen LogP contribution < -0.4 is 10.5 Å². The Kier molecular flexibility index (Phi) is 5.08. The lowest BCUT2D eigenvalue weighted by Gasteiger charge is -2.41. The van der Waals surface area contributed by atoms with Crippen LogP contribution in [0.3, 0.4) is 0 Å². The number of ether oxygens (including phenoxy) is 1. The third-order valence-corrected chi connectivity index (χ3v) is 7.34. The summed E-state index contributed by atoms with van der Waals surface area (Å²) < 4.78 is 7.08. The van der Waals surface area contributed by atoms with Gasteiger partial charge in [-0.3, -0.25) is 4.90 Å². The minimum atomic E-state index is -0.257. The second-order valence-corrected chi connectivity index (χ2v) is 9.36. The highest BCUT2D eigenvalue weighted by Crippen LogP contribution is 2.37. The van der Waals surface area contributed by atoms with Crippen molar-refractivity contribution in [1.29, 1.82) is 0 Å². The fourth-order valence-corrected chi connectivity index (χ4v) is 5.78. The van der Waals surface area contributed by atoms with Crippen molar-refractivity contribution < 1.29 is 9.53 Å². The first kappa shape index (κ1) is 19.3. The molecule has 2 aliphatic heterocycles. The number of rotatable bonds is 5. The molecule has 2 aromatic carbocycles. The Bertz CT molecular complexity index is 1000. The molecular formula is C23H26N4O2S. The zero-order valence-corrected chi connectivity index (χ0v) is 17.8. The van der Waals surface area contributed by atoms with Gasteiger partial charge in [-0.25, -0.2) is 9.78 Å². The number of nitrogens with zero attached hydrogens (tertiary/aromatic N) is 3. The number of fused-ring (bicyclic) bond motifs is 3. The maximum absolute atomic E-state index is 11.7. The first-order chi connectivity index (χ1) is 14.6. The second kappa shape index (κ2) is 7.89. The van der Waals surface area contributed by atoms with E-state index in [1.165, 1.54) is 5.56 Å². The number of hydrogen-bond donors (Lipinski definition) is 1. The molecule has 0 aliphatic carbocycles. The molecule has 5 rings (SSSR count). The maximum atomic E-state index is 11.7. The van der Waals surface area contributed by atoms with E-state index in [9.17, 15) is 4.79 Å². The lowest BCUT2D eigenvalue weighted by molar-refractivity contribution is 0.0904. The van der Waals surface area contributed by atoms with Gasteiger partial charge in [-0.2, -0.15) is 0 Å². The van der Waals surface area contributed by atoms with Crippen molar-refractivity contribution >= 4 is 27.6 Å². The van der Waals surface area contributed by atoms with E-state index in [1.807, 2.05) is 35.2 Å². The first-order valence-corrected chi connectivity index (χ1v) is 11.3. The number of nitrogens with two attached hydrogens (primary N) is 1. The van der Waals surface area contributed by atoms with Crippen molar-refractivity contribution in [2.24, 2.45) is 5.73 Å². The average molecular weight is 423 g/mol. The third-order valence-electron chi connectivity index (χ3n) is 6.42. The Morgan fingerprint density at radius 1 is 1.17 bits per heavy atom. The van der Waals surface area contributed by atoms with Crippen molar-refractivity contribution in [3.8, 4) is 10.9 Å². The highest BCUT2D eigenvalue weighted by atomic mass is 32.1. The number of aromatic nitrogens is 1. The number of primary amides is 1. The van der Waals surface area contributed by atoms with Gasteiger partial charge in [0.25, 0.3) is 5.19 Å². The number of urea groups is 1. The number of benzene rings is 2. The molecule has 30 heavy (non-hydrogen) atoms. The van der Waals surface area contributed by atoms with Crippen molar-refractivity contribution in [3.63, 3.8) is 0 Å². The van der Waals surface area contributed by atoms with Crippen LogP contribution >= 0.6 is 11.3 Å². The smallest absolute Gasteiger partial charge is 0.315 e. The molecule has 0 saturated carbocycles. The van der Waals surface area contributed by atoms with E-state index in [-0.39, 0.29) is 6.03 Å². The standard InChI is InChI=1S/C23H26N4O2S/c1-26(18-12-16-8-9-17(13-18)27(16)22(24)28)14-15-6-10-19(11-7-15)29-23-25-20-4-2-3-5-21(20)30-23/h2-7,10-11,16-18H,8-9,12-14H2,1H3,(H2,24,28). The van der Waals surface area contributed by atoms with Crippen LogP contribution in [0.15, 0.2) is 48.5 Å². The summed E-state index contributed by atoms with van der Waals surface area (Å²) in [6.07, 6.45) is 4.18. The van der Waals surface area contributed by atoms with Crippen molar-refractivity contribution in [1.82, 2.24) is 14.8 Å². The van der Waals surface area contributed by atoms with Gasteiger partial charge in [-0.05, 0) is 62.6 Å². The Morgan fingerprint density at radius 3 is 2.53 bits per heavy atom. The second-order valence-electron chi connectivity index (χ2n) is 8.36. The Morgan fingerprint density at radius 2 is 1.87 bits per heavy atom. The van der Waals surface area contributed by atoms with Gasteiger partial charge >= 0.3 is 6.03 Å². The van der Waals surface area contributed by atoms with Crippen LogP contribution in [-0.4, -0.2) is 46.0 Å². The molecule has 1 aromatic heterocycles. The third kappa shape index (κ3) is 3.75. The molecule has 2 bridgehead atoms. The lowest BCUT2D eigenvalue weighted by Crippen LogP contribution is -2.53. The van der Waals surface area contributed by atoms with Crippen LogP contribution in [0.25, 0.3) is 10.2 Å². The zero-order valence-electron chi connectivity index (χ0n) is 17.0. The molecule has 3 heterocycles. The van der Waals surface area contributed by atoms with Crippen molar-refractivity contribution in [2.45, 2.75) is 50.4 Å². The van der Waals surface area contributed by atoms with E-state index in [0.29, 0.717) is 23.3 Å². The summed E-state index contributed by atoms with van der Waals surface area (Å²) in [5.41, 5.74) is 7.80. The zero-order chi connectivity index (χ0) is 20.7. The summed E-state index contributed by atoms with van der Waals surface area (Å²) in [5.74, 6) is 0.799. The van der Waals surface area contributed by atoms with Gasteiger partial charge in [-0.15, -0.1) is 0 Å². The molecule has 2 aliphatic rings. The highest BCUT2D eigenvalue weighted by Gasteiger charge is 2.43. The Hall–Kier alpha value is -2.64. The molecule has 2 N–H and O–H groups in total. The van der Waals surface area contributed by atoms with Crippen LogP contribution in [0.4, 0.5) is 4.79 Å². The summed E-state index contributed by atoms with van der Waals surface area (Å²) in [4.78, 5) is 20.6. The lowest BCUT2D eigenvalue weighted by atomic mass is 9.96. The number of carbonyl (C=O) groups is 1. The number of hydrogen-bond acceptors (Lipinski definition) is 5. The van der Waals surface area contributed by atoms with Crippen LogP contribution in [0.1, 0.15) is 31.2 Å². The van der Waals surface area contributed by atoms with Gasteiger partial charge in [0.05, 0.1) is 10.2 Å². The average Bonchev–Trinajstić information content (AvgIpc) is 3.26. The van der Waals surface area contributed by atoms with E-state index >= 15 is 0 Å². The minimum absolute atomic E-state index is 0.257. The first-order valence-electron chi connectivity index (χ1n) is 10.5. The summed E-state index contributed by atoms with van der Waals surface area (Å²) in [5, 5.41) is 0.665. The minimum Gasteiger partial charge on any atom is -0.431 e. The summed E-state index contributed by atoms with van der Waals surface area (Å²) >= 11 is 1.56. The molecule has 6 nitrogen and oxygen atoms in total. The Balaban J connectivity index is 1.20. The van der Waals surface area contributed by atoms with E-state index < -0.39 is 0 Å². The predicted molar refractivity (Wildman–Crippen MR) is 119 cm³/mol. The normalized spacial score (nSPS) is 23.3. The van der Waals surface area contributed by atoms with Gasteiger partial charge in [0.2, 0.25) is 0 Å². The number of thiazole rings is 1. The van der Waals surface area contributed by atoms with E-state index in [2.05, 4.69) is 35.1 Å². The fraction of sp³-hybridized carbons (Fsp3) is 0.391. The van der Waals surface area contributed by atoms with E-state index in [1.54, 1.807) is 11.3 Å². The van der Waals surface area contributed by atoms with Crippen molar-refractivity contribution in [3.05, 3.63) is 54.1 Å². The number of piperidine rings is 1. The van der Waals surface area contributed by atoms with Crippen molar-refractivity contribution in [2.75, 3.05) is 7.05 Å². The van der Waals surface area contributed by atoms with E-state index in [0.717, 1.165) is 48.2 Å². The molecule has 2 saturated heterocycles. The monoisotopic (exact) mass is 422 g/mol. The summed E-state index contributed by atoms with van der Waals surface area (Å²) in [6.45, 7) is 0.877. The van der Waals surface area contributed by atoms with Crippen LogP contribution in [0, 0.1) is 0 Å². The predicted octanol–water partition coefficient (Wildman–Crippen LogP) is 4.59. The van der Waals surface area contributed by atoms with Crippen LogP contribution in [0.5, 0.6) is 10.9 Å². The van der Waals surface area contributed by atoms with Crippen LogP contribution in [0.2, 0.25) is 0 Å². The van der Waals surface area contributed by atoms with Gasteiger partial charge in [-0.1, -0.05) is 35.6 Å². The molecule has 0 spiro atoms. The van der Waals surface area contributed by atoms with E-state index in [4.69, 9.17) is 10.5 Å². The molecular weight excluding hydrogens is 396 g/mol. The van der Waals surface area contributed by atoms with Gasteiger partial charge < -0.3 is 15.4 Å². The molecule has 156 valence electrons. The highest BCUT2D eigenvalue weighted by molar-refractivity contribution is 7.20. The molecule has 7 heteroatoms. The molecule has 2 unspecified atom stereocenters. The summed E-state index contributed by atoms with van der Waals surface area (Å²) in [6, 6.07) is 17.1. The molecule has 2 fully saturated rings. The fourth-order valence-electron chi connectivity index (χ4n) is 4.94. The van der Waals surface area contributed by atoms with Gasteiger partial charge in [0, 0.05) is 24.7 Å². The SMILES string of the molecule is CN(Cc1ccc(Oc2nc3ccccc3s2)cc1)C1CC2CCC(C1)N2C(N)=O. The molecule has 2 atom stereocenters.